The summed E-state index contributed by atoms with van der Waals surface area (Å²) in [4.78, 5) is 14.7. The number of nitrogens with one attached hydrogen (secondary N) is 1. The molecule has 5 nitrogen and oxygen atoms in total. The van der Waals surface area contributed by atoms with Crippen LogP contribution in [0.1, 0.15) is 29.4 Å². The SMILES string of the molecule is CCN1CCC(CNC(=O)c2nn(-c3c(F)cccc3F)cc2C)C1. The number of benzene rings is 1. The highest BCUT2D eigenvalue weighted by atomic mass is 19.1. The molecule has 1 fully saturated rings. The number of carbonyl (C=O) groups excluding carboxylic acids is 1. The molecule has 0 saturated carbocycles. The molecule has 1 saturated heterocycles. The number of hydrogen-bond acceptors (Lipinski definition) is 3. The van der Waals surface area contributed by atoms with E-state index in [2.05, 4.69) is 22.2 Å². The van der Waals surface area contributed by atoms with Gasteiger partial charge in [0.15, 0.2) is 17.3 Å². The van der Waals surface area contributed by atoms with Crippen molar-refractivity contribution in [1.29, 1.82) is 0 Å². The minimum absolute atomic E-state index is 0.188. The van der Waals surface area contributed by atoms with E-state index in [1.807, 2.05) is 0 Å². The van der Waals surface area contributed by atoms with E-state index >= 15 is 0 Å². The van der Waals surface area contributed by atoms with Crippen LogP contribution in [-0.2, 0) is 0 Å². The summed E-state index contributed by atoms with van der Waals surface area (Å²) in [5.74, 6) is -1.33. The van der Waals surface area contributed by atoms with E-state index in [1.165, 1.54) is 12.3 Å². The van der Waals surface area contributed by atoms with Gasteiger partial charge in [-0.3, -0.25) is 4.79 Å². The summed E-state index contributed by atoms with van der Waals surface area (Å²) in [6, 6.07) is 3.61. The third kappa shape index (κ3) is 3.71. The quantitative estimate of drug-likeness (QED) is 0.903. The molecule has 0 radical (unpaired) electrons. The van der Waals surface area contributed by atoms with Crippen LogP contribution in [0.25, 0.3) is 5.69 Å². The van der Waals surface area contributed by atoms with Gasteiger partial charge in [0.1, 0.15) is 5.69 Å². The minimum atomic E-state index is -0.722. The van der Waals surface area contributed by atoms with Crippen molar-refractivity contribution in [2.45, 2.75) is 20.3 Å². The molecule has 1 unspecified atom stereocenters. The van der Waals surface area contributed by atoms with Crippen LogP contribution < -0.4 is 5.32 Å². The Morgan fingerprint density at radius 3 is 2.72 bits per heavy atom. The van der Waals surface area contributed by atoms with Gasteiger partial charge in [0.2, 0.25) is 0 Å². The summed E-state index contributed by atoms with van der Waals surface area (Å²) in [5.41, 5.74) is 0.480. The number of aromatic nitrogens is 2. The van der Waals surface area contributed by atoms with Crippen molar-refractivity contribution in [2.24, 2.45) is 5.92 Å². The first-order chi connectivity index (χ1) is 12.0. The van der Waals surface area contributed by atoms with E-state index in [9.17, 15) is 13.6 Å². The number of para-hydroxylation sites is 1. The second-order valence-corrected chi connectivity index (χ2v) is 6.43. The fourth-order valence-corrected chi connectivity index (χ4v) is 3.19. The lowest BCUT2D eigenvalue weighted by atomic mass is 10.1. The van der Waals surface area contributed by atoms with Crippen molar-refractivity contribution in [2.75, 3.05) is 26.2 Å². The zero-order chi connectivity index (χ0) is 18.0. The van der Waals surface area contributed by atoms with E-state index < -0.39 is 11.6 Å². The molecule has 2 aromatic rings. The molecule has 1 aliphatic rings. The molecule has 1 amide bonds. The molecule has 1 aliphatic heterocycles. The number of nitrogens with zero attached hydrogens (tertiary/aromatic N) is 3. The van der Waals surface area contributed by atoms with E-state index in [-0.39, 0.29) is 17.3 Å². The van der Waals surface area contributed by atoms with Crippen molar-refractivity contribution >= 4 is 5.91 Å². The maximum atomic E-state index is 13.9. The van der Waals surface area contributed by atoms with Gasteiger partial charge in [-0.25, -0.2) is 13.5 Å². The predicted molar refractivity (Wildman–Crippen MR) is 90.8 cm³/mol. The lowest BCUT2D eigenvalue weighted by Crippen LogP contribution is -2.31. The highest BCUT2D eigenvalue weighted by Crippen LogP contribution is 2.19. The number of aryl methyl sites for hydroxylation is 1. The van der Waals surface area contributed by atoms with Gasteiger partial charge in [-0.15, -0.1) is 0 Å². The number of carbonyl (C=O) groups is 1. The summed E-state index contributed by atoms with van der Waals surface area (Å²) in [6.07, 6.45) is 2.52. The number of amides is 1. The Hall–Kier alpha value is -2.28. The van der Waals surface area contributed by atoms with Crippen molar-refractivity contribution in [1.82, 2.24) is 20.0 Å². The molecule has 7 heteroatoms. The van der Waals surface area contributed by atoms with Gasteiger partial charge in [0.05, 0.1) is 0 Å². The summed E-state index contributed by atoms with van der Waals surface area (Å²) >= 11 is 0. The fourth-order valence-electron chi connectivity index (χ4n) is 3.19. The molecule has 2 heterocycles. The molecule has 1 aromatic carbocycles. The van der Waals surface area contributed by atoms with Crippen LogP contribution in [0.4, 0.5) is 8.78 Å². The standard InChI is InChI=1S/C18H22F2N4O/c1-3-23-8-7-13(11-23)9-21-18(25)16-12(2)10-24(22-16)17-14(19)5-4-6-15(17)20/h4-6,10,13H,3,7-9,11H2,1-2H3,(H,21,25). The zero-order valence-corrected chi connectivity index (χ0v) is 14.4. The van der Waals surface area contributed by atoms with Crippen LogP contribution in [0.3, 0.4) is 0 Å². The van der Waals surface area contributed by atoms with Gasteiger partial charge in [-0.05, 0) is 44.5 Å². The first-order valence-corrected chi connectivity index (χ1v) is 8.50. The van der Waals surface area contributed by atoms with Gasteiger partial charge in [-0.2, -0.15) is 5.10 Å². The smallest absolute Gasteiger partial charge is 0.272 e. The van der Waals surface area contributed by atoms with Crippen LogP contribution in [0, 0.1) is 24.5 Å². The monoisotopic (exact) mass is 348 g/mol. The van der Waals surface area contributed by atoms with E-state index in [0.717, 1.165) is 42.9 Å². The maximum absolute atomic E-state index is 13.9. The molecule has 0 aliphatic carbocycles. The lowest BCUT2D eigenvalue weighted by molar-refractivity contribution is 0.0941. The molecule has 0 bridgehead atoms. The number of halogens is 2. The number of rotatable bonds is 5. The number of likely N-dealkylation sites (tertiary alicyclic amines) is 1. The van der Waals surface area contributed by atoms with Crippen LogP contribution in [0.15, 0.2) is 24.4 Å². The predicted octanol–water partition coefficient (Wildman–Crippen LogP) is 2.53. The van der Waals surface area contributed by atoms with Crippen molar-refractivity contribution < 1.29 is 13.6 Å². The van der Waals surface area contributed by atoms with Gasteiger partial charge in [0, 0.05) is 24.8 Å². The first-order valence-electron chi connectivity index (χ1n) is 8.50. The lowest BCUT2D eigenvalue weighted by Gasteiger charge is -2.13. The highest BCUT2D eigenvalue weighted by Gasteiger charge is 2.23. The third-order valence-electron chi connectivity index (χ3n) is 4.65. The van der Waals surface area contributed by atoms with Crippen molar-refractivity contribution in [3.63, 3.8) is 0 Å². The van der Waals surface area contributed by atoms with Crippen molar-refractivity contribution in [3.8, 4) is 5.69 Å². The molecule has 1 atom stereocenters. The largest absolute Gasteiger partial charge is 0.350 e. The molecule has 1 N–H and O–H groups in total. The second kappa shape index (κ2) is 7.31. The molecular weight excluding hydrogens is 326 g/mol. The Morgan fingerprint density at radius 1 is 1.36 bits per heavy atom. The fraction of sp³-hybridized carbons (Fsp3) is 0.444. The maximum Gasteiger partial charge on any atom is 0.272 e. The third-order valence-corrected chi connectivity index (χ3v) is 4.65. The summed E-state index contributed by atoms with van der Waals surface area (Å²) < 4.78 is 28.9. The van der Waals surface area contributed by atoms with Crippen LogP contribution >= 0.6 is 0 Å². The Labute approximate surface area is 145 Å². The van der Waals surface area contributed by atoms with Crippen LogP contribution in [0.5, 0.6) is 0 Å². The second-order valence-electron chi connectivity index (χ2n) is 6.43. The van der Waals surface area contributed by atoms with Gasteiger partial charge in [-0.1, -0.05) is 13.0 Å². The van der Waals surface area contributed by atoms with Gasteiger partial charge < -0.3 is 10.2 Å². The molecule has 3 rings (SSSR count). The average Bonchev–Trinajstić information content (AvgIpc) is 3.19. The van der Waals surface area contributed by atoms with E-state index in [0.29, 0.717) is 18.0 Å². The molecule has 1 aromatic heterocycles. The van der Waals surface area contributed by atoms with Crippen LogP contribution in [-0.4, -0.2) is 46.8 Å². The Bertz CT molecular complexity index is 754. The normalized spacial score (nSPS) is 17.8. The van der Waals surface area contributed by atoms with E-state index in [1.54, 1.807) is 6.92 Å². The summed E-state index contributed by atoms with van der Waals surface area (Å²) in [5, 5.41) is 6.98. The van der Waals surface area contributed by atoms with Crippen molar-refractivity contribution in [3.05, 3.63) is 47.3 Å². The van der Waals surface area contributed by atoms with Crippen LogP contribution in [0.2, 0.25) is 0 Å². The Balaban J connectivity index is 1.71. The minimum Gasteiger partial charge on any atom is -0.350 e. The summed E-state index contributed by atoms with van der Waals surface area (Å²) in [6.45, 7) is 7.45. The van der Waals surface area contributed by atoms with Gasteiger partial charge in [0.25, 0.3) is 5.91 Å². The Kier molecular flexibility index (Phi) is 5.13. The average molecular weight is 348 g/mol. The molecular formula is C18H22F2N4O. The summed E-state index contributed by atoms with van der Waals surface area (Å²) in [7, 11) is 0. The van der Waals surface area contributed by atoms with E-state index in [4.69, 9.17) is 0 Å². The first kappa shape index (κ1) is 17.5. The zero-order valence-electron chi connectivity index (χ0n) is 14.4. The topological polar surface area (TPSA) is 50.2 Å². The molecule has 0 spiro atoms. The highest BCUT2D eigenvalue weighted by molar-refractivity contribution is 5.93. The molecule has 25 heavy (non-hydrogen) atoms. The molecule has 134 valence electrons. The number of hydrogen-bond donors (Lipinski definition) is 1. The van der Waals surface area contributed by atoms with Gasteiger partial charge >= 0.3 is 0 Å². The Morgan fingerprint density at radius 2 is 2.08 bits per heavy atom.